The van der Waals surface area contributed by atoms with Gasteiger partial charge in [0.15, 0.2) is 0 Å². The van der Waals surface area contributed by atoms with Gasteiger partial charge in [0, 0.05) is 19.6 Å². The minimum Gasteiger partial charge on any atom is -0.350 e. The number of nitrogens with two attached hydrogens (primary N) is 1. The van der Waals surface area contributed by atoms with E-state index in [2.05, 4.69) is 35.3 Å². The van der Waals surface area contributed by atoms with E-state index in [4.69, 9.17) is 5.73 Å². The molecule has 2 aliphatic rings. The third kappa shape index (κ3) is 3.68. The maximum absolute atomic E-state index is 12.0. The minimum atomic E-state index is -0.586. The Morgan fingerprint density at radius 1 is 1.36 bits per heavy atom. The van der Waals surface area contributed by atoms with Crippen molar-refractivity contribution in [3.8, 4) is 0 Å². The van der Waals surface area contributed by atoms with Crippen molar-refractivity contribution in [2.45, 2.75) is 51.2 Å². The molecule has 2 fully saturated rings. The van der Waals surface area contributed by atoms with Gasteiger partial charge in [-0.3, -0.25) is 9.69 Å². The average molecular weight is 301 g/mol. The summed E-state index contributed by atoms with van der Waals surface area (Å²) in [5.74, 6) is 0.779. The molecule has 1 heterocycles. The fourth-order valence-electron chi connectivity index (χ4n) is 3.27. The van der Waals surface area contributed by atoms with Crippen molar-refractivity contribution in [1.82, 2.24) is 10.2 Å². The summed E-state index contributed by atoms with van der Waals surface area (Å²) in [7, 11) is 0. The van der Waals surface area contributed by atoms with Crippen LogP contribution in [0.15, 0.2) is 24.3 Å². The normalized spacial score (nSPS) is 24.0. The first-order chi connectivity index (χ1) is 10.6. The van der Waals surface area contributed by atoms with Crippen LogP contribution in [0.5, 0.6) is 0 Å². The Bertz CT molecular complexity index is 539. The Morgan fingerprint density at radius 3 is 2.77 bits per heavy atom. The van der Waals surface area contributed by atoms with Crippen LogP contribution in [-0.2, 0) is 17.9 Å². The first-order valence-electron chi connectivity index (χ1n) is 8.43. The predicted molar refractivity (Wildman–Crippen MR) is 88.1 cm³/mol. The van der Waals surface area contributed by atoms with Gasteiger partial charge in [0.1, 0.15) is 0 Å². The highest BCUT2D eigenvalue weighted by molar-refractivity contribution is 5.88. The maximum Gasteiger partial charge on any atom is 0.240 e. The molecule has 4 heteroatoms. The monoisotopic (exact) mass is 301 g/mol. The van der Waals surface area contributed by atoms with Gasteiger partial charge in [0.2, 0.25) is 5.91 Å². The number of carbonyl (C=O) groups is 1. The van der Waals surface area contributed by atoms with Gasteiger partial charge in [0.05, 0.1) is 5.54 Å². The molecule has 1 saturated carbocycles. The predicted octanol–water partition coefficient (Wildman–Crippen LogP) is 2.03. The Hall–Kier alpha value is -1.39. The molecule has 1 amide bonds. The first-order valence-corrected chi connectivity index (χ1v) is 8.43. The lowest BCUT2D eigenvalue weighted by Crippen LogP contribution is -2.42. The van der Waals surface area contributed by atoms with Crippen LogP contribution in [0.3, 0.4) is 0 Å². The lowest BCUT2D eigenvalue weighted by Gasteiger charge is -2.31. The topological polar surface area (TPSA) is 58.4 Å². The molecule has 1 aromatic rings. The van der Waals surface area contributed by atoms with Crippen LogP contribution in [0.4, 0.5) is 0 Å². The quantitative estimate of drug-likeness (QED) is 0.875. The zero-order valence-corrected chi connectivity index (χ0v) is 13.5. The Balaban J connectivity index is 1.61. The van der Waals surface area contributed by atoms with Gasteiger partial charge < -0.3 is 11.1 Å². The van der Waals surface area contributed by atoms with Crippen molar-refractivity contribution in [1.29, 1.82) is 0 Å². The number of benzene rings is 1. The molecule has 120 valence electrons. The van der Waals surface area contributed by atoms with Gasteiger partial charge in [-0.1, -0.05) is 31.2 Å². The van der Waals surface area contributed by atoms with E-state index in [9.17, 15) is 4.79 Å². The molecule has 1 atom stereocenters. The van der Waals surface area contributed by atoms with Crippen molar-refractivity contribution in [2.75, 3.05) is 13.1 Å². The number of likely N-dealkylation sites (tertiary alicyclic amines) is 1. The summed E-state index contributed by atoms with van der Waals surface area (Å²) in [6.45, 7) is 6.24. The molecule has 22 heavy (non-hydrogen) atoms. The van der Waals surface area contributed by atoms with Crippen molar-refractivity contribution < 1.29 is 4.79 Å². The zero-order chi connectivity index (χ0) is 15.6. The Morgan fingerprint density at radius 2 is 2.09 bits per heavy atom. The highest BCUT2D eigenvalue weighted by atomic mass is 16.2. The second kappa shape index (κ2) is 6.39. The van der Waals surface area contributed by atoms with E-state index in [1.54, 1.807) is 0 Å². The second-order valence-corrected chi connectivity index (χ2v) is 7.09. The molecule has 4 nitrogen and oxygen atoms in total. The molecule has 0 bridgehead atoms. The molecular weight excluding hydrogens is 274 g/mol. The van der Waals surface area contributed by atoms with E-state index in [0.29, 0.717) is 6.54 Å². The Kier molecular flexibility index (Phi) is 4.50. The standard InChI is InChI=1S/C18H27N3O/c1-14-5-4-10-21(12-14)13-16-7-3-2-6-15(16)11-20-17(22)18(19)8-9-18/h2-3,6-7,14H,4-5,8-13,19H2,1H3,(H,20,22). The number of nitrogens with one attached hydrogen (secondary N) is 1. The van der Waals surface area contributed by atoms with Crippen molar-refractivity contribution in [2.24, 2.45) is 11.7 Å². The van der Waals surface area contributed by atoms with E-state index in [-0.39, 0.29) is 5.91 Å². The third-order valence-electron chi connectivity index (χ3n) is 4.93. The summed E-state index contributed by atoms with van der Waals surface area (Å²) in [5.41, 5.74) is 7.88. The van der Waals surface area contributed by atoms with Crippen LogP contribution in [0, 0.1) is 5.92 Å². The van der Waals surface area contributed by atoms with Crippen LogP contribution in [0.1, 0.15) is 43.7 Å². The number of nitrogens with zero attached hydrogens (tertiary/aromatic N) is 1. The van der Waals surface area contributed by atoms with E-state index >= 15 is 0 Å². The molecule has 3 rings (SSSR count). The van der Waals surface area contributed by atoms with E-state index in [1.807, 2.05) is 6.07 Å². The molecule has 1 aliphatic carbocycles. The molecule has 1 aromatic carbocycles. The number of hydrogen-bond acceptors (Lipinski definition) is 3. The summed E-state index contributed by atoms with van der Waals surface area (Å²) >= 11 is 0. The van der Waals surface area contributed by atoms with Crippen LogP contribution < -0.4 is 11.1 Å². The van der Waals surface area contributed by atoms with Crippen molar-refractivity contribution >= 4 is 5.91 Å². The van der Waals surface area contributed by atoms with Gasteiger partial charge >= 0.3 is 0 Å². The maximum atomic E-state index is 12.0. The molecule has 0 aromatic heterocycles. The average Bonchev–Trinajstić information content (AvgIpc) is 3.25. The van der Waals surface area contributed by atoms with Gasteiger partial charge in [0.25, 0.3) is 0 Å². The summed E-state index contributed by atoms with van der Waals surface area (Å²) in [6.07, 6.45) is 4.25. The highest BCUT2D eigenvalue weighted by Crippen LogP contribution is 2.32. The Labute approximate surface area is 133 Å². The number of amides is 1. The smallest absolute Gasteiger partial charge is 0.240 e. The van der Waals surface area contributed by atoms with Gasteiger partial charge in [-0.15, -0.1) is 0 Å². The molecule has 1 aliphatic heterocycles. The van der Waals surface area contributed by atoms with Gasteiger partial charge in [-0.25, -0.2) is 0 Å². The zero-order valence-electron chi connectivity index (χ0n) is 13.5. The van der Waals surface area contributed by atoms with Crippen molar-refractivity contribution in [3.05, 3.63) is 35.4 Å². The first kappa shape index (κ1) is 15.5. The van der Waals surface area contributed by atoms with Crippen molar-refractivity contribution in [3.63, 3.8) is 0 Å². The molecule has 0 radical (unpaired) electrons. The van der Waals surface area contributed by atoms with Gasteiger partial charge in [-0.05, 0) is 49.3 Å². The number of rotatable bonds is 5. The van der Waals surface area contributed by atoms with E-state index in [0.717, 1.165) is 25.3 Å². The van der Waals surface area contributed by atoms with Crippen LogP contribution in [0.2, 0.25) is 0 Å². The summed E-state index contributed by atoms with van der Waals surface area (Å²) in [5, 5.41) is 3.01. The summed E-state index contributed by atoms with van der Waals surface area (Å²) in [4.78, 5) is 14.5. The fourth-order valence-corrected chi connectivity index (χ4v) is 3.27. The van der Waals surface area contributed by atoms with Gasteiger partial charge in [-0.2, -0.15) is 0 Å². The number of piperidine rings is 1. The van der Waals surface area contributed by atoms with Crippen LogP contribution in [-0.4, -0.2) is 29.4 Å². The fraction of sp³-hybridized carbons (Fsp3) is 0.611. The molecule has 0 spiro atoms. The number of hydrogen-bond donors (Lipinski definition) is 2. The van der Waals surface area contributed by atoms with E-state index in [1.165, 1.54) is 37.1 Å². The van der Waals surface area contributed by atoms with E-state index < -0.39 is 5.54 Å². The van der Waals surface area contributed by atoms with Crippen LogP contribution >= 0.6 is 0 Å². The third-order valence-corrected chi connectivity index (χ3v) is 4.93. The summed E-state index contributed by atoms with van der Waals surface area (Å²) < 4.78 is 0. The molecular formula is C18H27N3O. The SMILES string of the molecule is CC1CCCN(Cc2ccccc2CNC(=O)C2(N)CC2)C1. The summed E-state index contributed by atoms with van der Waals surface area (Å²) in [6, 6.07) is 8.41. The number of carbonyl (C=O) groups excluding carboxylic acids is 1. The second-order valence-electron chi connectivity index (χ2n) is 7.09. The lowest BCUT2D eigenvalue weighted by molar-refractivity contribution is -0.123. The largest absolute Gasteiger partial charge is 0.350 e. The lowest BCUT2D eigenvalue weighted by atomic mass is 9.99. The highest BCUT2D eigenvalue weighted by Gasteiger charge is 2.45. The minimum absolute atomic E-state index is 0.00565. The molecule has 3 N–H and O–H groups in total. The van der Waals surface area contributed by atoms with Crippen LogP contribution in [0.25, 0.3) is 0 Å². The molecule has 1 unspecified atom stereocenters. The molecule has 1 saturated heterocycles.